The third kappa shape index (κ3) is 5.49. The summed E-state index contributed by atoms with van der Waals surface area (Å²) in [4.78, 5) is 12.4. The number of hydrogen-bond acceptors (Lipinski definition) is 5. The number of aliphatic hydroxyl groups is 1. The number of carbonyl (C=O) groups is 1. The standard InChI is InChI=1S/C27H20F6O6S/c28-26(29,30)25(35,27(31,32)33)13-14-39-24(34)22-12-11-17(18-6-1-2-7-20(18)22)15-16-5-3-9-21-19(16)8-4-10-23(21)40(36,37)38/h1-12,35H,13-15H2,(H,36,37,38). The first-order valence-electron chi connectivity index (χ1n) is 11.6. The van der Waals surface area contributed by atoms with Crippen LogP contribution in [0, 0.1) is 0 Å². The van der Waals surface area contributed by atoms with Gasteiger partial charge in [0.05, 0.1) is 12.2 Å². The Hall–Kier alpha value is -3.68. The third-order valence-corrected chi connectivity index (χ3v) is 7.41. The highest BCUT2D eigenvalue weighted by Crippen LogP contribution is 2.45. The van der Waals surface area contributed by atoms with Crippen molar-refractivity contribution in [2.24, 2.45) is 0 Å². The fourth-order valence-electron chi connectivity index (χ4n) is 4.44. The van der Waals surface area contributed by atoms with Gasteiger partial charge in [0.1, 0.15) is 4.90 Å². The van der Waals surface area contributed by atoms with Gasteiger partial charge >= 0.3 is 18.3 Å². The summed E-state index contributed by atoms with van der Waals surface area (Å²) in [7, 11) is -4.49. The molecule has 0 unspecified atom stereocenters. The van der Waals surface area contributed by atoms with Crippen molar-refractivity contribution in [2.45, 2.75) is 35.7 Å². The van der Waals surface area contributed by atoms with E-state index >= 15 is 0 Å². The molecule has 0 aliphatic rings. The molecule has 0 spiro atoms. The first-order chi connectivity index (χ1) is 18.5. The van der Waals surface area contributed by atoms with E-state index < -0.39 is 47.1 Å². The van der Waals surface area contributed by atoms with Crippen molar-refractivity contribution in [3.05, 3.63) is 89.5 Å². The molecular formula is C27H20F6O6S. The number of carbonyl (C=O) groups excluding carboxylic acids is 1. The van der Waals surface area contributed by atoms with E-state index in [0.29, 0.717) is 32.7 Å². The van der Waals surface area contributed by atoms with Crippen molar-refractivity contribution in [2.75, 3.05) is 6.61 Å². The molecule has 0 fully saturated rings. The van der Waals surface area contributed by atoms with Gasteiger partial charge in [0.25, 0.3) is 15.7 Å². The zero-order chi connectivity index (χ0) is 29.5. The highest BCUT2D eigenvalue weighted by Gasteiger charge is 2.70. The molecule has 4 aromatic rings. The third-order valence-electron chi connectivity index (χ3n) is 6.50. The molecule has 0 aliphatic carbocycles. The van der Waals surface area contributed by atoms with Crippen LogP contribution in [0.3, 0.4) is 0 Å². The molecule has 0 amide bonds. The second-order valence-corrected chi connectivity index (χ2v) is 10.4. The number of hydrogen-bond donors (Lipinski definition) is 2. The van der Waals surface area contributed by atoms with Crippen molar-refractivity contribution < 1.29 is 54.0 Å². The Morgan fingerprint density at radius 1 is 0.725 bits per heavy atom. The van der Waals surface area contributed by atoms with E-state index in [1.54, 1.807) is 36.4 Å². The Labute approximate surface area is 223 Å². The van der Waals surface area contributed by atoms with Crippen LogP contribution >= 0.6 is 0 Å². The summed E-state index contributed by atoms with van der Waals surface area (Å²) < 4.78 is 115. The van der Waals surface area contributed by atoms with Crippen LogP contribution in [0.25, 0.3) is 21.5 Å². The van der Waals surface area contributed by atoms with Crippen LogP contribution in [-0.2, 0) is 21.3 Å². The van der Waals surface area contributed by atoms with Gasteiger partial charge < -0.3 is 9.84 Å². The maximum absolute atomic E-state index is 12.9. The molecule has 6 nitrogen and oxygen atoms in total. The second-order valence-electron chi connectivity index (χ2n) is 8.98. The zero-order valence-electron chi connectivity index (χ0n) is 20.3. The van der Waals surface area contributed by atoms with Gasteiger partial charge in [0.15, 0.2) is 0 Å². The number of halogens is 6. The van der Waals surface area contributed by atoms with Crippen LogP contribution in [0.15, 0.2) is 77.7 Å². The summed E-state index contributed by atoms with van der Waals surface area (Å²) in [5.74, 6) is -1.18. The Bertz CT molecular complexity index is 1680. The Morgan fingerprint density at radius 2 is 1.25 bits per heavy atom. The topological polar surface area (TPSA) is 101 Å². The summed E-state index contributed by atoms with van der Waals surface area (Å²) in [6.45, 7) is -1.35. The van der Waals surface area contributed by atoms with Crippen molar-refractivity contribution in [1.82, 2.24) is 0 Å². The van der Waals surface area contributed by atoms with E-state index in [4.69, 9.17) is 4.74 Å². The number of esters is 1. The smallest absolute Gasteiger partial charge is 0.426 e. The Balaban J connectivity index is 1.64. The number of alkyl halides is 6. The molecule has 0 saturated carbocycles. The maximum Gasteiger partial charge on any atom is 0.426 e. The van der Waals surface area contributed by atoms with E-state index in [-0.39, 0.29) is 16.9 Å². The molecule has 2 N–H and O–H groups in total. The minimum atomic E-state index is -6.03. The van der Waals surface area contributed by atoms with Crippen LogP contribution in [-0.4, -0.2) is 48.6 Å². The highest BCUT2D eigenvalue weighted by molar-refractivity contribution is 7.86. The van der Waals surface area contributed by atoms with E-state index in [1.165, 1.54) is 36.4 Å². The maximum atomic E-state index is 12.9. The first-order valence-corrected chi connectivity index (χ1v) is 13.0. The quantitative estimate of drug-likeness (QED) is 0.151. The van der Waals surface area contributed by atoms with Crippen molar-refractivity contribution in [3.63, 3.8) is 0 Å². The van der Waals surface area contributed by atoms with Gasteiger partial charge in [-0.05, 0) is 45.8 Å². The molecule has 0 radical (unpaired) electrons. The lowest BCUT2D eigenvalue weighted by molar-refractivity contribution is -0.371. The molecule has 0 aliphatic heterocycles. The average Bonchev–Trinajstić information content (AvgIpc) is 2.86. The molecule has 0 saturated heterocycles. The monoisotopic (exact) mass is 586 g/mol. The minimum absolute atomic E-state index is 0.117. The summed E-state index contributed by atoms with van der Waals surface area (Å²) in [5, 5.41) is 10.9. The summed E-state index contributed by atoms with van der Waals surface area (Å²) in [5.41, 5.74) is -3.81. The molecule has 0 aromatic heterocycles. The molecule has 212 valence electrons. The molecule has 0 atom stereocenters. The highest BCUT2D eigenvalue weighted by atomic mass is 32.2. The van der Waals surface area contributed by atoms with Crippen LogP contribution in [0.1, 0.15) is 27.9 Å². The fourth-order valence-corrected chi connectivity index (χ4v) is 5.14. The second kappa shape index (κ2) is 10.4. The lowest BCUT2D eigenvalue weighted by Gasteiger charge is -2.32. The molecule has 40 heavy (non-hydrogen) atoms. The Kier molecular flexibility index (Phi) is 7.60. The summed E-state index contributed by atoms with van der Waals surface area (Å²) >= 11 is 0. The van der Waals surface area contributed by atoms with Gasteiger partial charge in [0, 0.05) is 11.8 Å². The van der Waals surface area contributed by atoms with Crippen LogP contribution in [0.5, 0.6) is 0 Å². The molecule has 13 heteroatoms. The predicted octanol–water partition coefficient (Wildman–Crippen LogP) is 6.23. The zero-order valence-corrected chi connectivity index (χ0v) is 21.1. The van der Waals surface area contributed by atoms with Crippen molar-refractivity contribution >= 4 is 37.6 Å². The number of ether oxygens (including phenoxy) is 1. The van der Waals surface area contributed by atoms with E-state index in [9.17, 15) is 49.2 Å². The minimum Gasteiger partial charge on any atom is -0.462 e. The SMILES string of the molecule is O=C(OCCC(O)(C(F)(F)F)C(F)(F)F)c1ccc(Cc2cccc3c(S(=O)(=O)O)cccc23)c2ccccc12. The summed E-state index contributed by atoms with van der Waals surface area (Å²) in [6.07, 6.45) is -13.8. The van der Waals surface area contributed by atoms with E-state index in [0.717, 1.165) is 0 Å². The van der Waals surface area contributed by atoms with Gasteiger partial charge in [-0.2, -0.15) is 34.8 Å². The number of fused-ring (bicyclic) bond motifs is 2. The largest absolute Gasteiger partial charge is 0.462 e. The predicted molar refractivity (Wildman–Crippen MR) is 132 cm³/mol. The first kappa shape index (κ1) is 29.3. The number of benzene rings is 4. The summed E-state index contributed by atoms with van der Waals surface area (Å²) in [6, 6.07) is 18.6. The van der Waals surface area contributed by atoms with Crippen molar-refractivity contribution in [3.8, 4) is 0 Å². The molecule has 4 rings (SSSR count). The van der Waals surface area contributed by atoms with Gasteiger partial charge in [-0.1, -0.05) is 60.7 Å². The van der Waals surface area contributed by atoms with E-state index in [2.05, 4.69) is 0 Å². The average molecular weight is 587 g/mol. The van der Waals surface area contributed by atoms with Crippen molar-refractivity contribution in [1.29, 1.82) is 0 Å². The molecule has 0 heterocycles. The van der Waals surface area contributed by atoms with E-state index in [1.807, 2.05) is 0 Å². The van der Waals surface area contributed by atoms with Crippen LogP contribution in [0.2, 0.25) is 0 Å². The van der Waals surface area contributed by atoms with Gasteiger partial charge in [-0.3, -0.25) is 4.55 Å². The Morgan fingerprint density at radius 3 is 1.88 bits per heavy atom. The lowest BCUT2D eigenvalue weighted by atomic mass is 9.93. The molecule has 4 aromatic carbocycles. The van der Waals surface area contributed by atoms with Gasteiger partial charge in [-0.15, -0.1) is 0 Å². The molecular weight excluding hydrogens is 566 g/mol. The van der Waals surface area contributed by atoms with Gasteiger partial charge in [-0.25, -0.2) is 4.79 Å². The van der Waals surface area contributed by atoms with Gasteiger partial charge in [0.2, 0.25) is 0 Å². The van der Waals surface area contributed by atoms with Crippen LogP contribution < -0.4 is 0 Å². The number of rotatable bonds is 7. The fraction of sp³-hybridized carbons (Fsp3) is 0.222. The molecule has 0 bridgehead atoms. The lowest BCUT2D eigenvalue weighted by Crippen LogP contribution is -2.57. The normalized spacial score (nSPS) is 13.1. The van der Waals surface area contributed by atoms with Crippen LogP contribution in [0.4, 0.5) is 26.3 Å².